The molecule has 3 rings (SSSR count). The molecule has 1 aromatic heterocycles. The quantitative estimate of drug-likeness (QED) is 0.708. The van der Waals surface area contributed by atoms with E-state index in [-0.39, 0.29) is 5.92 Å². The fraction of sp³-hybridized carbons (Fsp3) is 0.238. The van der Waals surface area contributed by atoms with Crippen molar-refractivity contribution in [3.05, 3.63) is 82.9 Å². The number of aromatic nitrogens is 2. The van der Waals surface area contributed by atoms with Crippen LogP contribution in [-0.4, -0.2) is 23.2 Å². The second-order valence-corrected chi connectivity index (χ2v) is 6.37. The molecule has 0 aliphatic rings. The monoisotopic (exact) mass is 349 g/mol. The number of nitrogens with one attached hydrogen (secondary N) is 2. The summed E-state index contributed by atoms with van der Waals surface area (Å²) in [6, 6.07) is 14.2. The highest BCUT2D eigenvalue weighted by atomic mass is 16.5. The zero-order chi connectivity index (χ0) is 18.5. The van der Waals surface area contributed by atoms with Crippen molar-refractivity contribution in [2.45, 2.75) is 26.2 Å². The molecule has 2 aromatic carbocycles. The van der Waals surface area contributed by atoms with Gasteiger partial charge < -0.3 is 9.72 Å². The second-order valence-electron chi connectivity index (χ2n) is 6.37. The van der Waals surface area contributed by atoms with Crippen molar-refractivity contribution in [3.63, 3.8) is 0 Å². The van der Waals surface area contributed by atoms with E-state index in [0.29, 0.717) is 5.69 Å². The SMILES string of the molecule is COC(=O)Nc1ccc(CC(c2cnc[nH]2)c2cccc(C)c2C)cc1. The number of rotatable bonds is 5. The predicted molar refractivity (Wildman–Crippen MR) is 103 cm³/mol. The average Bonchev–Trinajstić information content (AvgIpc) is 3.18. The van der Waals surface area contributed by atoms with Crippen LogP contribution in [0.25, 0.3) is 0 Å². The van der Waals surface area contributed by atoms with E-state index in [4.69, 9.17) is 0 Å². The van der Waals surface area contributed by atoms with Crippen molar-refractivity contribution >= 4 is 11.8 Å². The van der Waals surface area contributed by atoms with Crippen molar-refractivity contribution in [3.8, 4) is 0 Å². The third-order valence-electron chi connectivity index (χ3n) is 4.74. The number of H-pyrrole nitrogens is 1. The molecule has 0 fully saturated rings. The molecular weight excluding hydrogens is 326 g/mol. The molecule has 0 spiro atoms. The zero-order valence-electron chi connectivity index (χ0n) is 15.2. The van der Waals surface area contributed by atoms with E-state index in [0.717, 1.165) is 12.1 Å². The predicted octanol–water partition coefficient (Wildman–Crippen LogP) is 4.58. The Kier molecular flexibility index (Phi) is 5.37. The zero-order valence-corrected chi connectivity index (χ0v) is 15.2. The van der Waals surface area contributed by atoms with Gasteiger partial charge in [-0.1, -0.05) is 30.3 Å². The standard InChI is InChI=1S/C21H23N3O2/c1-14-5-4-6-18(15(14)2)19(20-12-22-13-23-20)11-16-7-9-17(10-8-16)24-21(25)26-3/h4-10,12-13,19H,11H2,1-3H3,(H,22,23)(H,24,25). The number of nitrogens with zero attached hydrogens (tertiary/aromatic N) is 1. The molecule has 5 heteroatoms. The Bertz CT molecular complexity index is 871. The van der Waals surface area contributed by atoms with Crippen LogP contribution in [0.3, 0.4) is 0 Å². The summed E-state index contributed by atoms with van der Waals surface area (Å²) in [5, 5.41) is 2.67. The van der Waals surface area contributed by atoms with Gasteiger partial charge in [0.05, 0.1) is 13.4 Å². The van der Waals surface area contributed by atoms with Crippen molar-refractivity contribution in [1.29, 1.82) is 0 Å². The topological polar surface area (TPSA) is 67.0 Å². The molecule has 1 amide bonds. The van der Waals surface area contributed by atoms with Crippen molar-refractivity contribution in [2.24, 2.45) is 0 Å². The smallest absolute Gasteiger partial charge is 0.411 e. The third-order valence-corrected chi connectivity index (χ3v) is 4.74. The van der Waals surface area contributed by atoms with Gasteiger partial charge in [-0.05, 0) is 54.7 Å². The number of amides is 1. The Balaban J connectivity index is 1.87. The molecule has 0 bridgehead atoms. The number of aromatic amines is 1. The number of methoxy groups -OCH3 is 1. The van der Waals surface area contributed by atoms with Crippen molar-refractivity contribution < 1.29 is 9.53 Å². The maximum absolute atomic E-state index is 11.3. The first-order valence-electron chi connectivity index (χ1n) is 8.56. The average molecular weight is 349 g/mol. The molecule has 0 radical (unpaired) electrons. The van der Waals surface area contributed by atoms with Crippen LogP contribution in [0.4, 0.5) is 10.5 Å². The minimum atomic E-state index is -0.469. The van der Waals surface area contributed by atoms with Crippen LogP contribution < -0.4 is 5.32 Å². The highest BCUT2D eigenvalue weighted by Crippen LogP contribution is 2.31. The van der Waals surface area contributed by atoms with Gasteiger partial charge in [0.15, 0.2) is 0 Å². The van der Waals surface area contributed by atoms with E-state index in [9.17, 15) is 4.79 Å². The molecule has 0 aliphatic heterocycles. The molecular formula is C21H23N3O2. The number of carbonyl (C=O) groups is 1. The lowest BCUT2D eigenvalue weighted by Crippen LogP contribution is -2.11. The summed E-state index contributed by atoms with van der Waals surface area (Å²) in [5.41, 5.74) is 6.87. The molecule has 1 atom stereocenters. The fourth-order valence-corrected chi connectivity index (χ4v) is 3.12. The maximum Gasteiger partial charge on any atom is 0.411 e. The van der Waals surface area contributed by atoms with Crippen LogP contribution >= 0.6 is 0 Å². The van der Waals surface area contributed by atoms with Gasteiger partial charge in [0, 0.05) is 23.5 Å². The Morgan fingerprint density at radius 2 is 1.96 bits per heavy atom. The van der Waals surface area contributed by atoms with Crippen molar-refractivity contribution in [1.82, 2.24) is 9.97 Å². The van der Waals surface area contributed by atoms with E-state index >= 15 is 0 Å². The number of ether oxygens (including phenoxy) is 1. The lowest BCUT2D eigenvalue weighted by atomic mass is 9.85. The summed E-state index contributed by atoms with van der Waals surface area (Å²) in [4.78, 5) is 18.8. The number of benzene rings is 2. The Hall–Kier alpha value is -3.08. The first-order valence-corrected chi connectivity index (χ1v) is 8.56. The molecule has 2 N–H and O–H groups in total. The van der Waals surface area contributed by atoms with Gasteiger partial charge in [-0.3, -0.25) is 5.32 Å². The summed E-state index contributed by atoms with van der Waals surface area (Å²) in [5.74, 6) is 0.191. The highest BCUT2D eigenvalue weighted by molar-refractivity contribution is 5.84. The number of anilines is 1. The van der Waals surface area contributed by atoms with Gasteiger partial charge in [-0.15, -0.1) is 0 Å². The maximum atomic E-state index is 11.3. The fourth-order valence-electron chi connectivity index (χ4n) is 3.12. The lowest BCUT2D eigenvalue weighted by molar-refractivity contribution is 0.187. The number of hydrogen-bond donors (Lipinski definition) is 2. The third kappa shape index (κ3) is 3.94. The summed E-state index contributed by atoms with van der Waals surface area (Å²) in [7, 11) is 1.35. The minimum Gasteiger partial charge on any atom is -0.453 e. The van der Waals surface area contributed by atoms with Gasteiger partial charge in [0.25, 0.3) is 0 Å². The molecule has 0 saturated carbocycles. The first-order chi connectivity index (χ1) is 12.6. The van der Waals surface area contributed by atoms with E-state index in [1.807, 2.05) is 30.5 Å². The molecule has 134 valence electrons. The van der Waals surface area contributed by atoms with E-state index < -0.39 is 6.09 Å². The number of imidazole rings is 1. The van der Waals surface area contributed by atoms with Gasteiger partial charge in [-0.25, -0.2) is 9.78 Å². The van der Waals surface area contributed by atoms with Gasteiger partial charge >= 0.3 is 6.09 Å². The van der Waals surface area contributed by atoms with Gasteiger partial charge in [0.1, 0.15) is 0 Å². The lowest BCUT2D eigenvalue weighted by Gasteiger charge is -2.20. The van der Waals surface area contributed by atoms with Crippen LogP contribution in [0.15, 0.2) is 55.0 Å². The molecule has 26 heavy (non-hydrogen) atoms. The minimum absolute atomic E-state index is 0.191. The molecule has 1 heterocycles. The van der Waals surface area contributed by atoms with Gasteiger partial charge in [0.2, 0.25) is 0 Å². The number of aryl methyl sites for hydroxylation is 1. The van der Waals surface area contributed by atoms with Crippen LogP contribution in [-0.2, 0) is 11.2 Å². The molecule has 1 unspecified atom stereocenters. The summed E-state index contributed by atoms with van der Waals surface area (Å²) in [6.07, 6.45) is 3.98. The highest BCUT2D eigenvalue weighted by Gasteiger charge is 2.19. The molecule has 0 aliphatic carbocycles. The van der Waals surface area contributed by atoms with Crippen LogP contribution in [0.5, 0.6) is 0 Å². The van der Waals surface area contributed by atoms with Crippen molar-refractivity contribution in [2.75, 3.05) is 12.4 Å². The number of hydrogen-bond acceptors (Lipinski definition) is 3. The molecule has 3 aromatic rings. The first kappa shape index (κ1) is 17.7. The van der Waals surface area contributed by atoms with E-state index in [1.54, 1.807) is 6.33 Å². The molecule has 0 saturated heterocycles. The number of carbonyl (C=O) groups excluding carboxylic acids is 1. The van der Waals surface area contributed by atoms with Crippen LogP contribution in [0, 0.1) is 13.8 Å². The largest absolute Gasteiger partial charge is 0.453 e. The summed E-state index contributed by atoms with van der Waals surface area (Å²) < 4.78 is 4.62. The van der Waals surface area contributed by atoms with Gasteiger partial charge in [-0.2, -0.15) is 0 Å². The normalized spacial score (nSPS) is 11.8. The van der Waals surface area contributed by atoms with E-state index in [2.05, 4.69) is 52.1 Å². The van der Waals surface area contributed by atoms with Crippen LogP contribution in [0.2, 0.25) is 0 Å². The Morgan fingerprint density at radius 3 is 2.62 bits per heavy atom. The Morgan fingerprint density at radius 1 is 1.19 bits per heavy atom. The second kappa shape index (κ2) is 7.87. The summed E-state index contributed by atoms with van der Waals surface area (Å²) in [6.45, 7) is 4.30. The van der Waals surface area contributed by atoms with Crippen LogP contribution in [0.1, 0.15) is 33.9 Å². The Labute approximate surface area is 153 Å². The molecule has 5 nitrogen and oxygen atoms in total. The summed E-state index contributed by atoms with van der Waals surface area (Å²) >= 11 is 0. The van der Waals surface area contributed by atoms with E-state index in [1.165, 1.54) is 29.4 Å².